The van der Waals surface area contributed by atoms with Gasteiger partial charge in [0, 0.05) is 13.1 Å². The molecule has 22 heavy (non-hydrogen) atoms. The molecule has 2 aromatic rings. The smallest absolute Gasteiger partial charge is 0.191 e. The first-order valence-corrected chi connectivity index (χ1v) is 7.81. The van der Waals surface area contributed by atoms with Gasteiger partial charge in [-0.25, -0.2) is 14.7 Å². The molecule has 1 heterocycles. The Kier molecular flexibility index (Phi) is 4.68. The second-order valence-electron chi connectivity index (χ2n) is 5.53. The first-order chi connectivity index (χ1) is 10.8. The Morgan fingerprint density at radius 2 is 2.09 bits per heavy atom. The minimum absolute atomic E-state index is 0.664. The van der Waals surface area contributed by atoms with Gasteiger partial charge in [0.1, 0.15) is 12.7 Å². The molecule has 0 radical (unpaired) electrons. The molecular weight excluding hydrogens is 276 g/mol. The molecule has 3 rings (SSSR count). The molecule has 0 aliphatic heterocycles. The highest BCUT2D eigenvalue weighted by molar-refractivity contribution is 5.79. The maximum absolute atomic E-state index is 4.64. The predicted molar refractivity (Wildman–Crippen MR) is 86.9 cm³/mol. The molecule has 6 heteroatoms. The van der Waals surface area contributed by atoms with Crippen molar-refractivity contribution in [2.75, 3.05) is 13.1 Å². The zero-order valence-corrected chi connectivity index (χ0v) is 12.9. The first kappa shape index (κ1) is 14.6. The van der Waals surface area contributed by atoms with Crippen LogP contribution in [0.25, 0.3) is 5.69 Å². The molecule has 1 aromatic heterocycles. The van der Waals surface area contributed by atoms with Gasteiger partial charge in [-0.3, -0.25) is 0 Å². The summed E-state index contributed by atoms with van der Waals surface area (Å²) in [4.78, 5) is 8.59. The fourth-order valence-corrected chi connectivity index (χ4v) is 2.17. The summed E-state index contributed by atoms with van der Waals surface area (Å²) in [6.07, 6.45) is 5.91. The van der Waals surface area contributed by atoms with Gasteiger partial charge in [0.15, 0.2) is 5.96 Å². The monoisotopic (exact) mass is 298 g/mol. The van der Waals surface area contributed by atoms with E-state index in [-0.39, 0.29) is 0 Å². The molecule has 0 atom stereocenters. The van der Waals surface area contributed by atoms with Crippen LogP contribution in [0.1, 0.15) is 25.3 Å². The van der Waals surface area contributed by atoms with Gasteiger partial charge < -0.3 is 10.6 Å². The van der Waals surface area contributed by atoms with E-state index in [4.69, 9.17) is 0 Å². The van der Waals surface area contributed by atoms with Crippen molar-refractivity contribution >= 4 is 5.96 Å². The summed E-state index contributed by atoms with van der Waals surface area (Å²) in [5.41, 5.74) is 2.18. The van der Waals surface area contributed by atoms with Crippen molar-refractivity contribution in [3.8, 4) is 5.69 Å². The molecule has 1 aromatic carbocycles. The molecule has 0 bridgehead atoms. The number of aromatic nitrogens is 3. The van der Waals surface area contributed by atoms with E-state index >= 15 is 0 Å². The molecule has 6 nitrogen and oxygen atoms in total. The Balaban J connectivity index is 1.59. The topological polar surface area (TPSA) is 67.1 Å². The highest BCUT2D eigenvalue weighted by atomic mass is 15.3. The SMILES string of the molecule is CCNC(=NCc1ccc(-n2cncn2)cc1)NCC1CC1. The maximum atomic E-state index is 4.64. The Morgan fingerprint density at radius 3 is 2.73 bits per heavy atom. The number of benzene rings is 1. The number of nitrogens with zero attached hydrogens (tertiary/aromatic N) is 4. The van der Waals surface area contributed by atoms with E-state index in [0.29, 0.717) is 6.54 Å². The first-order valence-electron chi connectivity index (χ1n) is 7.81. The molecular formula is C16H22N6. The van der Waals surface area contributed by atoms with Crippen molar-refractivity contribution in [3.05, 3.63) is 42.5 Å². The summed E-state index contributed by atoms with van der Waals surface area (Å²) in [5, 5.41) is 10.8. The van der Waals surface area contributed by atoms with Gasteiger partial charge in [-0.15, -0.1) is 0 Å². The van der Waals surface area contributed by atoms with Crippen molar-refractivity contribution in [2.45, 2.75) is 26.3 Å². The van der Waals surface area contributed by atoms with E-state index in [1.54, 1.807) is 11.0 Å². The van der Waals surface area contributed by atoms with Crippen molar-refractivity contribution in [2.24, 2.45) is 10.9 Å². The minimum Gasteiger partial charge on any atom is -0.357 e. The third kappa shape index (κ3) is 4.07. The molecule has 0 spiro atoms. The van der Waals surface area contributed by atoms with Crippen LogP contribution in [0.5, 0.6) is 0 Å². The summed E-state index contributed by atoms with van der Waals surface area (Å²) in [7, 11) is 0. The predicted octanol–water partition coefficient (Wildman–Crippen LogP) is 1.73. The van der Waals surface area contributed by atoms with E-state index in [2.05, 4.69) is 44.8 Å². The van der Waals surface area contributed by atoms with Gasteiger partial charge in [0.25, 0.3) is 0 Å². The second-order valence-corrected chi connectivity index (χ2v) is 5.53. The summed E-state index contributed by atoms with van der Waals surface area (Å²) >= 11 is 0. The van der Waals surface area contributed by atoms with Gasteiger partial charge >= 0.3 is 0 Å². The number of aliphatic imine (C=N–C) groups is 1. The van der Waals surface area contributed by atoms with Crippen LogP contribution in [-0.4, -0.2) is 33.8 Å². The lowest BCUT2D eigenvalue weighted by Gasteiger charge is -2.10. The summed E-state index contributed by atoms with van der Waals surface area (Å²) in [5.74, 6) is 1.74. The highest BCUT2D eigenvalue weighted by Gasteiger charge is 2.20. The number of rotatable bonds is 6. The molecule has 0 amide bonds. The fraction of sp³-hybridized carbons (Fsp3) is 0.438. The van der Waals surface area contributed by atoms with Crippen LogP contribution in [0.2, 0.25) is 0 Å². The third-order valence-corrected chi connectivity index (χ3v) is 3.64. The van der Waals surface area contributed by atoms with Gasteiger partial charge in [-0.05, 0) is 43.4 Å². The zero-order chi connectivity index (χ0) is 15.2. The lowest BCUT2D eigenvalue weighted by atomic mass is 10.2. The van der Waals surface area contributed by atoms with E-state index < -0.39 is 0 Å². The number of nitrogens with one attached hydrogen (secondary N) is 2. The zero-order valence-electron chi connectivity index (χ0n) is 12.9. The number of hydrogen-bond donors (Lipinski definition) is 2. The fourth-order valence-electron chi connectivity index (χ4n) is 2.17. The Morgan fingerprint density at radius 1 is 1.27 bits per heavy atom. The average molecular weight is 298 g/mol. The van der Waals surface area contributed by atoms with Gasteiger partial charge in [-0.1, -0.05) is 12.1 Å². The van der Waals surface area contributed by atoms with Crippen molar-refractivity contribution < 1.29 is 0 Å². The number of hydrogen-bond acceptors (Lipinski definition) is 3. The molecule has 1 saturated carbocycles. The van der Waals surface area contributed by atoms with Crippen LogP contribution in [0.3, 0.4) is 0 Å². The van der Waals surface area contributed by atoms with Gasteiger partial charge in [-0.2, -0.15) is 5.10 Å². The molecule has 1 aliphatic carbocycles. The van der Waals surface area contributed by atoms with Crippen molar-refractivity contribution in [1.29, 1.82) is 0 Å². The lowest BCUT2D eigenvalue weighted by molar-refractivity contribution is 0.739. The van der Waals surface area contributed by atoms with Gasteiger partial charge in [0.2, 0.25) is 0 Å². The lowest BCUT2D eigenvalue weighted by Crippen LogP contribution is -2.38. The Labute approximate surface area is 130 Å². The minimum atomic E-state index is 0.664. The van der Waals surface area contributed by atoms with Gasteiger partial charge in [0.05, 0.1) is 12.2 Å². The van der Waals surface area contributed by atoms with Crippen LogP contribution < -0.4 is 10.6 Å². The molecule has 0 unspecified atom stereocenters. The van der Waals surface area contributed by atoms with Crippen LogP contribution in [-0.2, 0) is 6.54 Å². The van der Waals surface area contributed by atoms with Crippen LogP contribution in [0.15, 0.2) is 41.9 Å². The van der Waals surface area contributed by atoms with E-state index in [9.17, 15) is 0 Å². The van der Waals surface area contributed by atoms with E-state index in [1.165, 1.54) is 24.7 Å². The quantitative estimate of drug-likeness (QED) is 0.629. The highest BCUT2D eigenvalue weighted by Crippen LogP contribution is 2.27. The molecule has 116 valence electrons. The van der Waals surface area contributed by atoms with Crippen molar-refractivity contribution in [3.63, 3.8) is 0 Å². The summed E-state index contributed by atoms with van der Waals surface area (Å²) in [6, 6.07) is 8.21. The Hall–Kier alpha value is -2.37. The Bertz CT molecular complexity index is 598. The normalized spacial score (nSPS) is 14.9. The van der Waals surface area contributed by atoms with Crippen molar-refractivity contribution in [1.82, 2.24) is 25.4 Å². The summed E-state index contributed by atoms with van der Waals surface area (Å²) < 4.78 is 1.74. The molecule has 1 aliphatic rings. The standard InChI is InChI=1S/C16H22N6/c1-2-18-16(19-9-13-3-4-13)20-10-14-5-7-15(8-6-14)22-12-17-11-21-22/h5-8,11-13H,2-4,9-10H2,1H3,(H2,18,19,20). The van der Waals surface area contributed by atoms with E-state index in [1.807, 2.05) is 12.1 Å². The largest absolute Gasteiger partial charge is 0.357 e. The van der Waals surface area contributed by atoms with Crippen LogP contribution >= 0.6 is 0 Å². The molecule has 1 fully saturated rings. The average Bonchev–Trinajstić information content (AvgIpc) is 3.22. The molecule has 2 N–H and O–H groups in total. The van der Waals surface area contributed by atoms with Crippen LogP contribution in [0, 0.1) is 5.92 Å². The summed E-state index contributed by atoms with van der Waals surface area (Å²) in [6.45, 7) is 4.65. The van der Waals surface area contributed by atoms with Crippen LogP contribution in [0.4, 0.5) is 0 Å². The maximum Gasteiger partial charge on any atom is 0.191 e. The third-order valence-electron chi connectivity index (χ3n) is 3.64. The molecule has 0 saturated heterocycles. The second kappa shape index (κ2) is 7.06. The number of guanidine groups is 1. The van der Waals surface area contributed by atoms with E-state index in [0.717, 1.165) is 30.7 Å².